The van der Waals surface area contributed by atoms with E-state index < -0.39 is 0 Å². The molecule has 0 spiro atoms. The summed E-state index contributed by atoms with van der Waals surface area (Å²) in [6, 6.07) is 45.8. The number of benzene rings is 6. The number of hydrogen-bond acceptors (Lipinski definition) is 0. The maximum absolute atomic E-state index is 2.50. The molecule has 2 aliphatic carbocycles. The van der Waals surface area contributed by atoms with E-state index in [4.69, 9.17) is 0 Å². The van der Waals surface area contributed by atoms with E-state index in [0.29, 0.717) is 5.92 Å². The normalized spacial score (nSPS) is 15.8. The summed E-state index contributed by atoms with van der Waals surface area (Å²) in [5.41, 5.74) is 16.8. The van der Waals surface area contributed by atoms with Gasteiger partial charge in [-0.1, -0.05) is 109 Å². The smallest absolute Gasteiger partial charge is 0.0620 e. The first kappa shape index (κ1) is 21.9. The van der Waals surface area contributed by atoms with Crippen LogP contribution >= 0.6 is 0 Å². The minimum atomic E-state index is 0.536. The zero-order valence-corrected chi connectivity index (χ0v) is 22.7. The molecule has 1 unspecified atom stereocenters. The number of para-hydroxylation sites is 2. The van der Waals surface area contributed by atoms with Gasteiger partial charge < -0.3 is 4.40 Å². The van der Waals surface area contributed by atoms with Gasteiger partial charge in [0.05, 0.1) is 16.6 Å². The van der Waals surface area contributed by atoms with Gasteiger partial charge in [-0.05, 0) is 87.4 Å². The van der Waals surface area contributed by atoms with Gasteiger partial charge in [-0.25, -0.2) is 0 Å². The Morgan fingerprint density at radius 2 is 1.22 bits per heavy atom. The van der Waals surface area contributed by atoms with Crippen molar-refractivity contribution in [1.29, 1.82) is 0 Å². The zero-order chi connectivity index (χ0) is 26.7. The summed E-state index contributed by atoms with van der Waals surface area (Å²) in [7, 11) is 0. The molecule has 1 heteroatoms. The molecule has 10 rings (SSSR count). The van der Waals surface area contributed by atoms with Crippen LogP contribution < -0.4 is 0 Å². The van der Waals surface area contributed by atoms with Crippen LogP contribution in [0, 0.1) is 0 Å². The molecule has 0 aliphatic heterocycles. The molecule has 0 amide bonds. The van der Waals surface area contributed by atoms with E-state index in [-0.39, 0.29) is 0 Å². The van der Waals surface area contributed by atoms with Gasteiger partial charge in [-0.2, -0.15) is 0 Å². The lowest BCUT2D eigenvalue weighted by molar-refractivity contribution is 0.624. The van der Waals surface area contributed by atoms with E-state index >= 15 is 0 Å². The van der Waals surface area contributed by atoms with Crippen LogP contribution in [0.1, 0.15) is 29.0 Å². The fourth-order valence-corrected chi connectivity index (χ4v) is 8.29. The molecular formula is C40H27N. The second kappa shape index (κ2) is 7.86. The minimum absolute atomic E-state index is 0.536. The maximum atomic E-state index is 2.50. The molecule has 0 radical (unpaired) electrons. The van der Waals surface area contributed by atoms with Crippen LogP contribution in [-0.4, -0.2) is 4.40 Å². The SMILES string of the molecule is c1ccc2c(c1)CCC1Cc3ccccc3-c3c(-c4ccc5c6cccc7c8ccccc8n(c5c4)c76)ccc-2c31. The molecule has 8 aromatic rings. The summed E-state index contributed by atoms with van der Waals surface area (Å²) in [6.07, 6.45) is 3.46. The van der Waals surface area contributed by atoms with Gasteiger partial charge in [0.25, 0.3) is 0 Å². The van der Waals surface area contributed by atoms with Crippen molar-refractivity contribution < 1.29 is 0 Å². The average molecular weight is 522 g/mol. The van der Waals surface area contributed by atoms with Gasteiger partial charge in [0, 0.05) is 21.5 Å². The second-order valence-electron chi connectivity index (χ2n) is 12.0. The number of aryl methyl sites for hydroxylation is 1. The van der Waals surface area contributed by atoms with Crippen molar-refractivity contribution in [2.75, 3.05) is 0 Å². The van der Waals surface area contributed by atoms with Gasteiger partial charge in [0.2, 0.25) is 0 Å². The van der Waals surface area contributed by atoms with Crippen LogP contribution in [0.25, 0.3) is 71.5 Å². The Morgan fingerprint density at radius 1 is 0.512 bits per heavy atom. The van der Waals surface area contributed by atoms with Gasteiger partial charge >= 0.3 is 0 Å². The summed E-state index contributed by atoms with van der Waals surface area (Å²) in [4.78, 5) is 0. The summed E-state index contributed by atoms with van der Waals surface area (Å²) in [6.45, 7) is 0. The molecular weight excluding hydrogens is 494 g/mol. The third-order valence-corrected chi connectivity index (χ3v) is 10.0. The molecule has 0 fully saturated rings. The third kappa shape index (κ3) is 2.81. The highest BCUT2D eigenvalue weighted by molar-refractivity contribution is 6.23. The van der Waals surface area contributed by atoms with Crippen molar-refractivity contribution in [1.82, 2.24) is 4.40 Å². The highest BCUT2D eigenvalue weighted by Gasteiger charge is 2.32. The Balaban J connectivity index is 1.31. The summed E-state index contributed by atoms with van der Waals surface area (Å²) < 4.78 is 2.50. The monoisotopic (exact) mass is 521 g/mol. The Bertz CT molecular complexity index is 2350. The molecule has 1 nitrogen and oxygen atoms in total. The predicted octanol–water partition coefficient (Wildman–Crippen LogP) is 10.4. The van der Waals surface area contributed by atoms with E-state index in [1.807, 2.05) is 0 Å². The molecule has 0 bridgehead atoms. The Labute approximate surface area is 238 Å². The fraction of sp³-hybridized carbons (Fsp3) is 0.100. The number of rotatable bonds is 1. The molecule has 0 saturated heterocycles. The number of aromatic nitrogens is 1. The molecule has 2 aromatic heterocycles. The summed E-state index contributed by atoms with van der Waals surface area (Å²) in [5, 5.41) is 5.34. The molecule has 0 saturated carbocycles. The first-order chi connectivity index (χ1) is 20.3. The predicted molar refractivity (Wildman–Crippen MR) is 172 cm³/mol. The molecule has 192 valence electrons. The van der Waals surface area contributed by atoms with Gasteiger partial charge in [-0.15, -0.1) is 0 Å². The standard InChI is InChI=1S/C40H27N/c1-3-10-28-24(8-1)16-17-27-22-25-9-2-4-11-29(25)39-30(20-21-33(28)38(27)39)26-18-19-32-35-14-7-13-34-31-12-5-6-15-36(31)41(40(34)35)37(32)23-26/h1-15,18-21,23,27H,16-17,22H2. The van der Waals surface area contributed by atoms with Crippen LogP contribution in [0.2, 0.25) is 0 Å². The van der Waals surface area contributed by atoms with E-state index in [9.17, 15) is 0 Å². The van der Waals surface area contributed by atoms with Crippen molar-refractivity contribution in [2.24, 2.45) is 0 Å². The Morgan fingerprint density at radius 3 is 2.12 bits per heavy atom. The lowest BCUT2D eigenvalue weighted by Crippen LogP contribution is -2.13. The van der Waals surface area contributed by atoms with Gasteiger partial charge in [0.1, 0.15) is 0 Å². The zero-order valence-electron chi connectivity index (χ0n) is 22.7. The summed E-state index contributed by atoms with van der Waals surface area (Å²) >= 11 is 0. The Hall–Kier alpha value is -4.88. The molecule has 2 heterocycles. The van der Waals surface area contributed by atoms with E-state index in [1.54, 1.807) is 5.56 Å². The van der Waals surface area contributed by atoms with Crippen LogP contribution in [0.4, 0.5) is 0 Å². The lowest BCUT2D eigenvalue weighted by Gasteiger charge is -2.31. The molecule has 6 aromatic carbocycles. The van der Waals surface area contributed by atoms with Gasteiger partial charge in [-0.3, -0.25) is 0 Å². The third-order valence-electron chi connectivity index (χ3n) is 10.0. The van der Waals surface area contributed by atoms with E-state index in [0.717, 1.165) is 12.8 Å². The fourth-order valence-electron chi connectivity index (χ4n) is 8.29. The maximum Gasteiger partial charge on any atom is 0.0620 e. The summed E-state index contributed by atoms with van der Waals surface area (Å²) in [5.74, 6) is 0.536. The van der Waals surface area contributed by atoms with Crippen molar-refractivity contribution in [3.8, 4) is 33.4 Å². The molecule has 2 aliphatic rings. The minimum Gasteiger partial charge on any atom is -0.308 e. The van der Waals surface area contributed by atoms with Gasteiger partial charge in [0.15, 0.2) is 0 Å². The topological polar surface area (TPSA) is 4.41 Å². The Kier molecular flexibility index (Phi) is 4.20. The van der Waals surface area contributed by atoms with Crippen molar-refractivity contribution in [3.05, 3.63) is 138 Å². The van der Waals surface area contributed by atoms with Crippen molar-refractivity contribution in [2.45, 2.75) is 25.2 Å². The van der Waals surface area contributed by atoms with Crippen LogP contribution in [0.15, 0.2) is 121 Å². The van der Waals surface area contributed by atoms with Crippen molar-refractivity contribution in [3.63, 3.8) is 0 Å². The average Bonchev–Trinajstić information content (AvgIpc) is 3.49. The van der Waals surface area contributed by atoms with E-state index in [2.05, 4.69) is 126 Å². The quantitative estimate of drug-likeness (QED) is 0.202. The molecule has 1 atom stereocenters. The van der Waals surface area contributed by atoms with Crippen LogP contribution in [0.5, 0.6) is 0 Å². The largest absolute Gasteiger partial charge is 0.308 e. The van der Waals surface area contributed by atoms with Crippen molar-refractivity contribution >= 4 is 38.1 Å². The lowest BCUT2D eigenvalue weighted by atomic mass is 9.73. The molecule has 0 N–H and O–H groups in total. The second-order valence-corrected chi connectivity index (χ2v) is 12.0. The number of hydrogen-bond donors (Lipinski definition) is 0. The highest BCUT2D eigenvalue weighted by atomic mass is 14.9. The van der Waals surface area contributed by atoms with Crippen LogP contribution in [-0.2, 0) is 12.8 Å². The number of nitrogens with zero attached hydrogens (tertiary/aromatic N) is 1. The first-order valence-electron chi connectivity index (χ1n) is 14.9. The highest BCUT2D eigenvalue weighted by Crippen LogP contribution is 2.52. The van der Waals surface area contributed by atoms with E-state index in [1.165, 1.54) is 89.0 Å². The number of fused-ring (bicyclic) bond motifs is 10. The molecule has 41 heavy (non-hydrogen) atoms. The first-order valence-corrected chi connectivity index (χ1v) is 14.9. The van der Waals surface area contributed by atoms with Crippen LogP contribution in [0.3, 0.4) is 0 Å².